The molecule has 0 fully saturated rings. The van der Waals surface area contributed by atoms with E-state index in [9.17, 15) is 4.39 Å². The van der Waals surface area contributed by atoms with Crippen molar-refractivity contribution in [3.8, 4) is 11.5 Å². The summed E-state index contributed by atoms with van der Waals surface area (Å²) in [7, 11) is 1.74. The number of benzene rings is 2. The fourth-order valence-electron chi connectivity index (χ4n) is 2.70. The number of nitrogens with one attached hydrogen (secondary N) is 2. The average Bonchev–Trinajstić information content (AvgIpc) is 2.91. The van der Waals surface area contributed by atoms with E-state index in [2.05, 4.69) is 15.6 Å². The third kappa shape index (κ3) is 5.12. The number of ether oxygens (including phenoxy) is 2. The molecule has 138 valence electrons. The molecular weight excluding hydrogens is 333 g/mol. The van der Waals surface area contributed by atoms with Crippen molar-refractivity contribution in [1.29, 1.82) is 0 Å². The maximum absolute atomic E-state index is 12.9. The van der Waals surface area contributed by atoms with E-state index in [0.29, 0.717) is 26.3 Å². The van der Waals surface area contributed by atoms with Crippen molar-refractivity contribution >= 4 is 5.96 Å². The molecule has 6 heteroatoms. The number of rotatable bonds is 5. The van der Waals surface area contributed by atoms with Gasteiger partial charge in [-0.2, -0.15) is 0 Å². The molecule has 2 aromatic carbocycles. The van der Waals surface area contributed by atoms with Crippen LogP contribution in [0.5, 0.6) is 11.5 Å². The number of hydrogen-bond donors (Lipinski definition) is 2. The van der Waals surface area contributed by atoms with Crippen molar-refractivity contribution in [1.82, 2.24) is 10.6 Å². The fourth-order valence-corrected chi connectivity index (χ4v) is 2.70. The summed E-state index contributed by atoms with van der Waals surface area (Å²) in [5.74, 6) is 2.10. The molecule has 26 heavy (non-hydrogen) atoms. The van der Waals surface area contributed by atoms with E-state index in [0.717, 1.165) is 41.4 Å². The molecule has 0 aliphatic carbocycles. The first-order chi connectivity index (χ1) is 12.7. The molecule has 0 aromatic heterocycles. The van der Waals surface area contributed by atoms with E-state index >= 15 is 0 Å². The minimum atomic E-state index is -0.214. The van der Waals surface area contributed by atoms with Gasteiger partial charge in [0, 0.05) is 26.6 Å². The molecule has 0 saturated heterocycles. The van der Waals surface area contributed by atoms with Gasteiger partial charge in [-0.25, -0.2) is 4.39 Å². The molecule has 1 aliphatic rings. The number of aliphatic imine (C=N–C) groups is 1. The van der Waals surface area contributed by atoms with Gasteiger partial charge >= 0.3 is 0 Å². The first-order valence-corrected chi connectivity index (χ1v) is 8.82. The van der Waals surface area contributed by atoms with Crippen molar-refractivity contribution in [2.75, 3.05) is 26.8 Å². The lowest BCUT2D eigenvalue weighted by Crippen LogP contribution is -2.37. The Kier molecular flexibility index (Phi) is 6.30. The van der Waals surface area contributed by atoms with Crippen molar-refractivity contribution in [3.63, 3.8) is 0 Å². The van der Waals surface area contributed by atoms with Crippen LogP contribution in [0.3, 0.4) is 0 Å². The van der Waals surface area contributed by atoms with Gasteiger partial charge in [0.05, 0.1) is 13.2 Å². The number of hydrogen-bond acceptors (Lipinski definition) is 3. The molecule has 0 spiro atoms. The van der Waals surface area contributed by atoms with Crippen LogP contribution in [0.2, 0.25) is 0 Å². The van der Waals surface area contributed by atoms with E-state index in [1.807, 2.05) is 18.2 Å². The quantitative estimate of drug-likeness (QED) is 0.638. The van der Waals surface area contributed by atoms with Gasteiger partial charge < -0.3 is 20.1 Å². The van der Waals surface area contributed by atoms with E-state index in [-0.39, 0.29) is 5.82 Å². The molecule has 0 saturated carbocycles. The highest BCUT2D eigenvalue weighted by Crippen LogP contribution is 2.30. The summed E-state index contributed by atoms with van der Waals surface area (Å²) in [6.45, 7) is 2.71. The van der Waals surface area contributed by atoms with Crippen molar-refractivity contribution < 1.29 is 13.9 Å². The van der Waals surface area contributed by atoms with Crippen LogP contribution < -0.4 is 20.1 Å². The van der Waals surface area contributed by atoms with Crippen LogP contribution in [0, 0.1) is 5.82 Å². The largest absolute Gasteiger partial charge is 0.490 e. The lowest BCUT2D eigenvalue weighted by Gasteiger charge is -2.13. The molecule has 1 heterocycles. The highest BCUT2D eigenvalue weighted by atomic mass is 19.1. The van der Waals surface area contributed by atoms with Gasteiger partial charge in [-0.15, -0.1) is 0 Å². The molecule has 0 radical (unpaired) electrons. The zero-order chi connectivity index (χ0) is 18.2. The maximum Gasteiger partial charge on any atom is 0.191 e. The average molecular weight is 357 g/mol. The van der Waals surface area contributed by atoms with Crippen molar-refractivity contribution in [2.24, 2.45) is 4.99 Å². The van der Waals surface area contributed by atoms with E-state index in [1.54, 1.807) is 19.2 Å². The molecule has 2 N–H and O–H groups in total. The van der Waals surface area contributed by atoms with E-state index in [4.69, 9.17) is 9.47 Å². The molecule has 1 aliphatic heterocycles. The van der Waals surface area contributed by atoms with E-state index < -0.39 is 0 Å². The number of nitrogens with zero attached hydrogens (tertiary/aromatic N) is 1. The highest BCUT2D eigenvalue weighted by Gasteiger charge is 2.10. The summed E-state index contributed by atoms with van der Waals surface area (Å²) in [6, 6.07) is 12.5. The third-order valence-corrected chi connectivity index (χ3v) is 4.11. The number of halogens is 1. The van der Waals surface area contributed by atoms with Crippen LogP contribution in [0.1, 0.15) is 17.5 Å². The maximum atomic E-state index is 12.9. The monoisotopic (exact) mass is 357 g/mol. The smallest absolute Gasteiger partial charge is 0.191 e. The van der Waals surface area contributed by atoms with Crippen LogP contribution in [-0.4, -0.2) is 32.8 Å². The molecule has 0 amide bonds. The zero-order valence-corrected chi connectivity index (χ0v) is 14.9. The molecule has 2 aromatic rings. The number of fused-ring (bicyclic) bond motifs is 1. The van der Waals surface area contributed by atoms with Gasteiger partial charge in [0.25, 0.3) is 0 Å². The second-order valence-electron chi connectivity index (χ2n) is 6.06. The lowest BCUT2D eigenvalue weighted by atomic mass is 10.1. The van der Waals surface area contributed by atoms with Crippen molar-refractivity contribution in [2.45, 2.75) is 19.4 Å². The number of guanidine groups is 1. The minimum absolute atomic E-state index is 0.214. The molecule has 0 bridgehead atoms. The van der Waals surface area contributed by atoms with Crippen LogP contribution in [-0.2, 0) is 13.0 Å². The first kappa shape index (κ1) is 18.0. The molecule has 3 rings (SSSR count). The Morgan fingerprint density at radius 2 is 1.73 bits per heavy atom. The Hall–Kier alpha value is -2.76. The second-order valence-corrected chi connectivity index (χ2v) is 6.06. The molecule has 0 atom stereocenters. The molecular formula is C20H24FN3O2. The topological polar surface area (TPSA) is 54.9 Å². The summed E-state index contributed by atoms with van der Waals surface area (Å²) < 4.78 is 24.3. The Balaban J connectivity index is 1.48. The fraction of sp³-hybridized carbons (Fsp3) is 0.350. The van der Waals surface area contributed by atoms with Gasteiger partial charge in [-0.1, -0.05) is 18.2 Å². The van der Waals surface area contributed by atoms with Gasteiger partial charge in [0.15, 0.2) is 17.5 Å². The predicted octanol–water partition coefficient (Wildman–Crippen LogP) is 2.89. The predicted molar refractivity (Wildman–Crippen MR) is 100 cm³/mol. The Bertz CT molecular complexity index is 747. The lowest BCUT2D eigenvalue weighted by molar-refractivity contribution is 0.297. The Morgan fingerprint density at radius 3 is 2.50 bits per heavy atom. The first-order valence-electron chi connectivity index (χ1n) is 8.82. The van der Waals surface area contributed by atoms with Crippen molar-refractivity contribution in [3.05, 3.63) is 59.4 Å². The van der Waals surface area contributed by atoms with Crippen LogP contribution >= 0.6 is 0 Å². The highest BCUT2D eigenvalue weighted by molar-refractivity contribution is 5.79. The Morgan fingerprint density at radius 1 is 1.00 bits per heavy atom. The van der Waals surface area contributed by atoms with Crippen LogP contribution in [0.25, 0.3) is 0 Å². The van der Waals surface area contributed by atoms with Gasteiger partial charge in [-0.3, -0.25) is 4.99 Å². The SMILES string of the molecule is CN=C(NCCc1ccc(F)cc1)NCc1ccc2c(c1)OCCCO2. The van der Waals surface area contributed by atoms with Gasteiger partial charge in [0.1, 0.15) is 5.82 Å². The summed E-state index contributed by atoms with van der Waals surface area (Å²) in [6.07, 6.45) is 1.69. The summed E-state index contributed by atoms with van der Waals surface area (Å²) >= 11 is 0. The summed E-state index contributed by atoms with van der Waals surface area (Å²) in [5.41, 5.74) is 2.17. The molecule has 0 unspecified atom stereocenters. The second kappa shape index (κ2) is 9.08. The van der Waals surface area contributed by atoms with Gasteiger partial charge in [-0.05, 0) is 41.8 Å². The Labute approximate surface area is 153 Å². The summed E-state index contributed by atoms with van der Waals surface area (Å²) in [5, 5.41) is 6.55. The minimum Gasteiger partial charge on any atom is -0.490 e. The molecule has 5 nitrogen and oxygen atoms in total. The zero-order valence-electron chi connectivity index (χ0n) is 14.9. The van der Waals surface area contributed by atoms with Gasteiger partial charge in [0.2, 0.25) is 0 Å². The normalized spacial score (nSPS) is 13.8. The third-order valence-electron chi connectivity index (χ3n) is 4.11. The standard InChI is InChI=1S/C20H24FN3O2/c1-22-20(23-10-9-15-3-6-17(21)7-4-15)24-14-16-5-8-18-19(13-16)26-12-2-11-25-18/h3-8,13H,2,9-12,14H2,1H3,(H2,22,23,24). The van der Waals surface area contributed by atoms with Crippen LogP contribution in [0.4, 0.5) is 4.39 Å². The van der Waals surface area contributed by atoms with Crippen LogP contribution in [0.15, 0.2) is 47.5 Å². The van der Waals surface area contributed by atoms with E-state index in [1.165, 1.54) is 12.1 Å². The summed E-state index contributed by atoms with van der Waals surface area (Å²) in [4.78, 5) is 4.23.